The molecule has 7 aromatic heterocycles. The quantitative estimate of drug-likeness (QED) is 0.0130. The lowest BCUT2D eigenvalue weighted by Crippen LogP contribution is -2.28. The average molecular weight is 1480 g/mol. The summed E-state index contributed by atoms with van der Waals surface area (Å²) in [4.78, 5) is 103. The number of allylic oxidation sites excluding steroid dienone is 1. The number of aryl methyl sites for hydroxylation is 11. The molecule has 1 aromatic carbocycles. The molecule has 0 saturated carbocycles. The number of carbonyl (C=O) groups is 7. The van der Waals surface area contributed by atoms with Crippen LogP contribution in [-0.2, 0) is 95.0 Å². The van der Waals surface area contributed by atoms with E-state index in [1.807, 2.05) is 43.5 Å². The molecule has 100 heavy (non-hydrogen) atoms. The number of thiazole rings is 3. The van der Waals surface area contributed by atoms with Gasteiger partial charge in [0.2, 0.25) is 5.91 Å². The second kappa shape index (κ2) is 53.3. The van der Waals surface area contributed by atoms with Gasteiger partial charge in [-0.3, -0.25) is 43.1 Å². The zero-order valence-corrected chi connectivity index (χ0v) is 59.2. The number of rotatable bonds is 35. The second-order valence-electron chi connectivity index (χ2n) is 21.2. The Morgan fingerprint density at radius 2 is 1.02 bits per heavy atom. The van der Waals surface area contributed by atoms with Crippen molar-refractivity contribution in [2.45, 2.75) is 175 Å². The fourth-order valence-electron chi connectivity index (χ4n) is 7.63. The lowest BCUT2D eigenvalue weighted by Gasteiger charge is -2.04. The second-order valence-corrected chi connectivity index (χ2v) is 26.2. The predicted molar refractivity (Wildman–Crippen MR) is 372 cm³/mol. The number of anilines is 2. The molecule has 0 atom stereocenters. The number of aromatic nitrogens is 7. The van der Waals surface area contributed by atoms with E-state index in [-0.39, 0.29) is 62.8 Å². The van der Waals surface area contributed by atoms with E-state index in [0.29, 0.717) is 106 Å². The van der Waals surface area contributed by atoms with Gasteiger partial charge in [-0.15, -0.1) is 34.0 Å². The molecule has 0 aliphatic rings. The first-order valence-corrected chi connectivity index (χ1v) is 35.4. The highest BCUT2D eigenvalue weighted by atomic mass is 32.2. The Hall–Kier alpha value is -9.71. The molecule has 31 nitrogen and oxygen atoms in total. The maximum atomic E-state index is 11.3. The first-order chi connectivity index (χ1) is 47.5. The Morgan fingerprint density at radius 3 is 1.45 bits per heavy atom. The maximum absolute atomic E-state index is 11.3. The Bertz CT molecular complexity index is 3290. The number of carbonyl (C=O) groups excluding carboxylic acids is 1. The van der Waals surface area contributed by atoms with Crippen molar-refractivity contribution in [2.75, 3.05) is 23.8 Å². The van der Waals surface area contributed by atoms with Crippen LogP contribution < -0.4 is 16.8 Å². The predicted octanol–water partition coefficient (Wildman–Crippen LogP) is 11.1. The summed E-state index contributed by atoms with van der Waals surface area (Å²) in [7, 11) is -4.00. The molecule has 0 unspecified atom stereocenters. The highest BCUT2D eigenvalue weighted by Gasteiger charge is 2.09. The highest BCUT2D eigenvalue weighted by Crippen LogP contribution is 2.18. The van der Waals surface area contributed by atoms with E-state index in [1.54, 1.807) is 73.1 Å². The molecule has 7 heterocycles. The number of benzene rings is 1. The number of carboxylic acids is 6. The molecular formula is C65H90N10O21S4. The SMILES string of the molecule is C=C(O)CCCc1cnc(N)s1.Cc1nc(CCCC(=O)O)co1.Cc1ncc(CCCC(=O)O)o1.Cc1ncc(CCCC(=O)O)s1.Nc1ncc(CCCC(=O)O)o1.O=C(CCCc1ccccc1)NCCS(=O)(=O)O.O=C(O)CCCc1cnco1.O=C(O)CCCc1cncs1. The summed E-state index contributed by atoms with van der Waals surface area (Å²) in [5.74, 6) is -1.59. The summed E-state index contributed by atoms with van der Waals surface area (Å²) in [6.45, 7) is 8.84. The number of aliphatic carboxylic acids is 6. The minimum atomic E-state index is -4.00. The van der Waals surface area contributed by atoms with E-state index in [9.17, 15) is 42.0 Å². The van der Waals surface area contributed by atoms with Crippen molar-refractivity contribution < 1.29 is 99.9 Å². The van der Waals surface area contributed by atoms with Crippen LogP contribution in [0.15, 0.2) is 116 Å². The number of amides is 1. The molecule has 8 rings (SSSR count). The van der Waals surface area contributed by atoms with E-state index in [2.05, 4.69) is 46.8 Å². The molecule has 0 saturated heterocycles. The van der Waals surface area contributed by atoms with Crippen molar-refractivity contribution in [2.24, 2.45) is 0 Å². The van der Waals surface area contributed by atoms with Crippen LogP contribution in [0.1, 0.15) is 163 Å². The molecule has 0 spiro atoms. The van der Waals surface area contributed by atoms with Crippen molar-refractivity contribution >= 4 is 97.0 Å². The number of nitrogen functional groups attached to an aromatic ring is 2. The molecule has 0 fully saturated rings. The Kier molecular flexibility index (Phi) is 47.1. The molecule has 1 amide bonds. The Labute approximate surface area is 590 Å². The average Bonchev–Trinajstić information content (AvgIpc) is 1.88. The molecule has 0 aliphatic heterocycles. The van der Waals surface area contributed by atoms with Crippen LogP contribution in [0.4, 0.5) is 11.1 Å². The van der Waals surface area contributed by atoms with Crippen molar-refractivity contribution in [3.8, 4) is 0 Å². The van der Waals surface area contributed by atoms with Gasteiger partial charge in [0.1, 0.15) is 23.5 Å². The van der Waals surface area contributed by atoms with Gasteiger partial charge in [-0.2, -0.15) is 8.42 Å². The maximum Gasteiger partial charge on any atom is 0.303 e. The number of aliphatic hydroxyl groups is 1. The number of hydrogen-bond acceptors (Lipinski definition) is 26. The Balaban J connectivity index is 0.000000574. The number of nitrogens with one attached hydrogen (secondary N) is 1. The van der Waals surface area contributed by atoms with Crippen LogP contribution in [0.25, 0.3) is 0 Å². The van der Waals surface area contributed by atoms with Crippen molar-refractivity contribution in [3.05, 3.63) is 158 Å². The number of nitrogens with two attached hydrogens (primary N) is 2. The van der Waals surface area contributed by atoms with Gasteiger partial charge < -0.3 is 70.2 Å². The molecule has 13 N–H and O–H groups in total. The van der Waals surface area contributed by atoms with Gasteiger partial charge in [-0.05, 0) is 96.0 Å². The zero-order valence-electron chi connectivity index (χ0n) is 56.0. The zero-order chi connectivity index (χ0) is 74.5. The van der Waals surface area contributed by atoms with E-state index in [0.717, 1.165) is 64.1 Å². The lowest BCUT2D eigenvalue weighted by atomic mass is 10.1. The number of hydrogen-bond donors (Lipinski definition) is 11. The number of nitrogens with zero attached hydrogens (tertiary/aromatic N) is 7. The smallest absolute Gasteiger partial charge is 0.303 e. The minimum Gasteiger partial charge on any atom is -0.513 e. The molecule has 0 aliphatic carbocycles. The number of carboxylic acid groups (broad SMARTS) is 6. The minimum absolute atomic E-state index is 0.0526. The highest BCUT2D eigenvalue weighted by molar-refractivity contribution is 7.85. The third-order valence-corrected chi connectivity index (χ3v) is 15.7. The van der Waals surface area contributed by atoms with Crippen molar-refractivity contribution in [1.29, 1.82) is 0 Å². The van der Waals surface area contributed by atoms with Crippen LogP contribution >= 0.6 is 34.0 Å². The van der Waals surface area contributed by atoms with Gasteiger partial charge >= 0.3 is 35.8 Å². The van der Waals surface area contributed by atoms with Crippen molar-refractivity contribution in [1.82, 2.24) is 40.2 Å². The van der Waals surface area contributed by atoms with Gasteiger partial charge in [0.05, 0.1) is 46.3 Å². The van der Waals surface area contributed by atoms with Crippen LogP contribution in [0.3, 0.4) is 0 Å². The summed E-state index contributed by atoms with van der Waals surface area (Å²) in [6, 6.07) is 9.95. The summed E-state index contributed by atoms with van der Waals surface area (Å²) in [5.41, 5.74) is 14.4. The fourth-order valence-corrected chi connectivity index (χ4v) is 10.2. The topological polar surface area (TPSA) is 522 Å². The largest absolute Gasteiger partial charge is 0.513 e. The first kappa shape index (κ1) is 88.3. The Morgan fingerprint density at radius 1 is 0.520 bits per heavy atom. The molecule has 35 heteroatoms. The summed E-state index contributed by atoms with van der Waals surface area (Å²) in [5, 5.41) is 62.9. The van der Waals surface area contributed by atoms with Gasteiger partial charge in [0.25, 0.3) is 16.1 Å². The van der Waals surface area contributed by atoms with Crippen LogP contribution in [0.2, 0.25) is 0 Å². The number of aliphatic hydroxyl groups excluding tert-OH is 1. The van der Waals surface area contributed by atoms with Gasteiger partial charge in [-0.1, -0.05) is 36.9 Å². The standard InChI is InChI=1S/C12H17NO4S.C8H12N2OS.2C8H11NO3.C8H11NO2S.C7H10N2O3.C7H9NO3.C7H9NO2S/c14-12(13-9-10-18(15,16)17)8-4-7-11-5-2-1-3-6-11;1-6(11)3-2-4-7-5-10-8(9)12-7;1-6-9-7(5-12-6)3-2-4-8(10)11;2*1-6-9-5-7(12-6)3-2-4-8(10)11;8-7-9-4-5(12-7)2-1-3-6(10)11;2*9-7(10)3-1-2-6-4-8-5-11-6/h1-3,5-6H,4,7-10H2,(H,13,14)(H,15,16,17);5,11H,1-4H2,(H2,9,10);3*5H,2-4H2,1H3,(H,10,11);4H,1-3H2,(H2,8,9)(H,10,11);2*4-5H,1-3H2,(H,9,10). The van der Waals surface area contributed by atoms with Crippen molar-refractivity contribution in [3.63, 3.8) is 0 Å². The lowest BCUT2D eigenvalue weighted by molar-refractivity contribution is -0.138. The summed E-state index contributed by atoms with van der Waals surface area (Å²) >= 11 is 4.70. The summed E-state index contributed by atoms with van der Waals surface area (Å²) < 4.78 is 49.3. The third-order valence-electron chi connectivity index (χ3n) is 12.3. The van der Waals surface area contributed by atoms with Gasteiger partial charge in [-0.25, -0.2) is 29.9 Å². The number of oxazole rings is 4. The third kappa shape index (κ3) is 53.4. The molecule has 550 valence electrons. The fraction of sp³-hybridized carbons (Fsp3) is 0.446. The van der Waals surface area contributed by atoms with Gasteiger partial charge in [0.15, 0.2) is 23.3 Å². The first-order valence-electron chi connectivity index (χ1n) is 31.3. The van der Waals surface area contributed by atoms with E-state index in [1.165, 1.54) is 34.4 Å². The molecular weight excluding hydrogens is 1390 g/mol. The molecule has 0 bridgehead atoms. The summed E-state index contributed by atoms with van der Waals surface area (Å²) in [6.07, 6.45) is 26.5. The van der Waals surface area contributed by atoms with Gasteiger partial charge in [0, 0.05) is 124 Å². The van der Waals surface area contributed by atoms with Crippen LogP contribution in [0, 0.1) is 20.8 Å². The molecule has 0 radical (unpaired) electrons. The normalized spacial score (nSPS) is 10.2. The van der Waals surface area contributed by atoms with Crippen LogP contribution in [-0.4, -0.2) is 138 Å². The van der Waals surface area contributed by atoms with E-state index < -0.39 is 51.7 Å². The van der Waals surface area contributed by atoms with Crippen LogP contribution in [0.5, 0.6) is 0 Å². The monoisotopic (exact) mass is 1470 g/mol. The van der Waals surface area contributed by atoms with E-state index in [4.69, 9.17) is 69.4 Å². The molecule has 8 aromatic rings. The van der Waals surface area contributed by atoms with E-state index >= 15 is 0 Å².